The molecule has 180 valence electrons. The molecule has 2 aliphatic heterocycles. The number of amides is 1. The van der Waals surface area contributed by atoms with Crippen molar-refractivity contribution < 1.29 is 37.3 Å². The van der Waals surface area contributed by atoms with Gasteiger partial charge in [-0.1, -0.05) is 0 Å². The van der Waals surface area contributed by atoms with Gasteiger partial charge in [0.05, 0.1) is 42.6 Å². The van der Waals surface area contributed by atoms with E-state index in [4.69, 9.17) is 19.4 Å². The highest BCUT2D eigenvalue weighted by Gasteiger charge is 2.54. The van der Waals surface area contributed by atoms with Gasteiger partial charge in [-0.2, -0.15) is 13.2 Å². The number of carbonyl (C=O) groups is 2. The molecule has 2 saturated heterocycles. The van der Waals surface area contributed by atoms with E-state index in [9.17, 15) is 18.0 Å². The molecule has 0 radical (unpaired) electrons. The van der Waals surface area contributed by atoms with Gasteiger partial charge in [-0.3, -0.25) is 9.78 Å². The first-order valence-corrected chi connectivity index (χ1v) is 11.0. The average Bonchev–Trinajstić information content (AvgIpc) is 3.33. The monoisotopic (exact) mass is 487 g/mol. The lowest BCUT2D eigenvalue weighted by atomic mass is 9.81. The number of carbonyl (C=O) groups excluding carboxylic acids is 1. The molecule has 8 nitrogen and oxygen atoms in total. The molecule has 1 N–H and O–H groups in total. The number of likely N-dealkylation sites (tertiary alicyclic amines) is 1. The number of rotatable bonds is 5. The van der Waals surface area contributed by atoms with Crippen LogP contribution in [0, 0.1) is 19.8 Å². The minimum absolute atomic E-state index is 0.0243. The summed E-state index contributed by atoms with van der Waals surface area (Å²) in [4.78, 5) is 32.0. The van der Waals surface area contributed by atoms with Crippen LogP contribution in [0.1, 0.15) is 33.2 Å². The van der Waals surface area contributed by atoms with Gasteiger partial charge in [0.1, 0.15) is 5.60 Å². The van der Waals surface area contributed by atoms with Crippen LogP contribution in [0.25, 0.3) is 0 Å². The van der Waals surface area contributed by atoms with Crippen LogP contribution in [0.5, 0.6) is 0 Å². The first-order chi connectivity index (χ1) is 15.5. The molecule has 33 heavy (non-hydrogen) atoms. The quantitative estimate of drug-likeness (QED) is 0.691. The average molecular weight is 488 g/mol. The summed E-state index contributed by atoms with van der Waals surface area (Å²) in [5, 5.41) is 10.2. The number of alkyl halides is 3. The topological polar surface area (TPSA) is 102 Å². The first-order valence-electron chi connectivity index (χ1n) is 10.1. The van der Waals surface area contributed by atoms with Gasteiger partial charge in [-0.25, -0.2) is 9.78 Å². The van der Waals surface area contributed by atoms with Crippen molar-refractivity contribution in [2.24, 2.45) is 5.92 Å². The summed E-state index contributed by atoms with van der Waals surface area (Å²) < 4.78 is 43.7. The van der Waals surface area contributed by atoms with E-state index in [0.717, 1.165) is 29.4 Å². The molecule has 1 unspecified atom stereocenters. The zero-order valence-electron chi connectivity index (χ0n) is 18.1. The standard InChI is InChI=1S/C19H23N3O3S.C2HF3O2/c1-13-3-4-15(7-20-13)18(23)22-11-19(12-22)16(5-6-25-19)8-24-9-17-10-26-14(2)21-17;3-2(4,5)1(6)7/h3-4,7,10,16H,5-6,8-9,11-12H2,1-2H3;(H,6,7). The molecule has 2 aromatic rings. The second kappa shape index (κ2) is 10.1. The Bertz CT molecular complexity index is 974. The Morgan fingerprint density at radius 2 is 2.03 bits per heavy atom. The smallest absolute Gasteiger partial charge is 0.475 e. The fraction of sp³-hybridized carbons (Fsp3) is 0.524. The van der Waals surface area contributed by atoms with Crippen molar-refractivity contribution in [3.05, 3.63) is 45.7 Å². The van der Waals surface area contributed by atoms with Gasteiger partial charge in [0.15, 0.2) is 0 Å². The van der Waals surface area contributed by atoms with Crippen LogP contribution in [0.2, 0.25) is 0 Å². The predicted molar refractivity (Wildman–Crippen MR) is 112 cm³/mol. The van der Waals surface area contributed by atoms with E-state index >= 15 is 0 Å². The van der Waals surface area contributed by atoms with Gasteiger partial charge in [0.2, 0.25) is 0 Å². The van der Waals surface area contributed by atoms with Gasteiger partial charge >= 0.3 is 12.1 Å². The van der Waals surface area contributed by atoms with Crippen molar-refractivity contribution in [1.29, 1.82) is 0 Å². The Morgan fingerprint density at radius 1 is 1.33 bits per heavy atom. The molecule has 2 fully saturated rings. The Kier molecular flexibility index (Phi) is 7.70. The van der Waals surface area contributed by atoms with Crippen molar-refractivity contribution in [2.45, 2.75) is 38.7 Å². The highest BCUT2D eigenvalue weighted by Crippen LogP contribution is 2.40. The van der Waals surface area contributed by atoms with E-state index in [1.165, 1.54) is 0 Å². The van der Waals surface area contributed by atoms with Crippen LogP contribution >= 0.6 is 11.3 Å². The lowest BCUT2D eigenvalue weighted by Crippen LogP contribution is -2.66. The summed E-state index contributed by atoms with van der Waals surface area (Å²) in [5.74, 6) is -2.41. The van der Waals surface area contributed by atoms with Crippen LogP contribution in [-0.4, -0.2) is 69.9 Å². The SMILES string of the molecule is Cc1ccc(C(=O)N2CC3(C2)OCCC3COCc2csc(C)n2)cn1.O=C(O)C(F)(F)F. The van der Waals surface area contributed by atoms with E-state index in [2.05, 4.69) is 9.97 Å². The number of hydrogen-bond donors (Lipinski definition) is 1. The Hall–Kier alpha value is -2.57. The summed E-state index contributed by atoms with van der Waals surface area (Å²) in [6.45, 7) is 7.08. The lowest BCUT2D eigenvalue weighted by molar-refractivity contribution is -0.192. The number of pyridine rings is 1. The van der Waals surface area contributed by atoms with E-state index < -0.39 is 12.1 Å². The molecule has 1 atom stereocenters. The van der Waals surface area contributed by atoms with Gasteiger partial charge in [0.25, 0.3) is 5.91 Å². The largest absolute Gasteiger partial charge is 0.490 e. The molecule has 0 bridgehead atoms. The number of aliphatic carboxylic acids is 1. The molecular formula is C21H24F3N3O5S. The summed E-state index contributed by atoms with van der Waals surface area (Å²) in [6, 6.07) is 3.70. The minimum atomic E-state index is -5.08. The van der Waals surface area contributed by atoms with Crippen molar-refractivity contribution in [2.75, 3.05) is 26.3 Å². The maximum Gasteiger partial charge on any atom is 0.490 e. The highest BCUT2D eigenvalue weighted by atomic mass is 32.1. The molecule has 0 aromatic carbocycles. The number of halogens is 3. The van der Waals surface area contributed by atoms with Crippen molar-refractivity contribution in [1.82, 2.24) is 14.9 Å². The summed E-state index contributed by atoms with van der Waals surface area (Å²) in [7, 11) is 0. The number of hydrogen-bond acceptors (Lipinski definition) is 7. The summed E-state index contributed by atoms with van der Waals surface area (Å²) in [6.07, 6.45) is -2.46. The van der Waals surface area contributed by atoms with Gasteiger partial charge < -0.3 is 19.5 Å². The van der Waals surface area contributed by atoms with Gasteiger partial charge in [-0.05, 0) is 32.4 Å². The third-order valence-electron chi connectivity index (χ3n) is 5.44. The van der Waals surface area contributed by atoms with E-state index in [0.29, 0.717) is 37.8 Å². The fourth-order valence-corrected chi connectivity index (χ4v) is 4.27. The Labute approximate surface area is 192 Å². The number of aromatic nitrogens is 2. The van der Waals surface area contributed by atoms with Crippen LogP contribution < -0.4 is 0 Å². The third-order valence-corrected chi connectivity index (χ3v) is 6.26. The van der Waals surface area contributed by atoms with E-state index in [1.54, 1.807) is 17.5 Å². The second-order valence-electron chi connectivity index (χ2n) is 7.92. The lowest BCUT2D eigenvalue weighted by Gasteiger charge is -2.50. The normalized spacial score (nSPS) is 19.1. The summed E-state index contributed by atoms with van der Waals surface area (Å²) in [5.41, 5.74) is 2.28. The number of thiazole rings is 1. The molecule has 1 amide bonds. The van der Waals surface area contributed by atoms with Crippen LogP contribution in [0.15, 0.2) is 23.7 Å². The van der Waals surface area contributed by atoms with E-state index in [-0.39, 0.29) is 11.5 Å². The van der Waals surface area contributed by atoms with Crippen LogP contribution in [-0.2, 0) is 20.9 Å². The number of nitrogens with zero attached hydrogens (tertiary/aromatic N) is 3. The molecule has 2 aliphatic rings. The molecule has 0 saturated carbocycles. The van der Waals surface area contributed by atoms with Gasteiger partial charge in [0, 0.05) is 29.8 Å². The number of carboxylic acids is 1. The zero-order valence-corrected chi connectivity index (χ0v) is 18.9. The van der Waals surface area contributed by atoms with Crippen LogP contribution in [0.4, 0.5) is 13.2 Å². The maximum atomic E-state index is 12.6. The Balaban J connectivity index is 0.000000383. The zero-order chi connectivity index (χ0) is 24.2. The summed E-state index contributed by atoms with van der Waals surface area (Å²) >= 11 is 1.64. The van der Waals surface area contributed by atoms with E-state index in [1.807, 2.05) is 36.3 Å². The first kappa shape index (κ1) is 25.1. The molecule has 4 heterocycles. The molecular weight excluding hydrogens is 463 g/mol. The number of aryl methyl sites for hydroxylation is 2. The molecule has 4 rings (SSSR count). The third kappa shape index (κ3) is 6.27. The predicted octanol–water partition coefficient (Wildman–Crippen LogP) is 3.24. The highest BCUT2D eigenvalue weighted by molar-refractivity contribution is 7.09. The fourth-order valence-electron chi connectivity index (χ4n) is 3.67. The molecule has 12 heteroatoms. The molecule has 2 aromatic heterocycles. The maximum absolute atomic E-state index is 12.6. The number of ether oxygens (including phenoxy) is 2. The number of carboxylic acid groups (broad SMARTS) is 1. The molecule has 1 spiro atoms. The molecule has 0 aliphatic carbocycles. The van der Waals surface area contributed by atoms with Crippen LogP contribution in [0.3, 0.4) is 0 Å². The minimum Gasteiger partial charge on any atom is -0.475 e. The van der Waals surface area contributed by atoms with Crippen molar-refractivity contribution in [3.63, 3.8) is 0 Å². The van der Waals surface area contributed by atoms with Crippen molar-refractivity contribution >= 4 is 23.2 Å². The second-order valence-corrected chi connectivity index (χ2v) is 8.99. The Morgan fingerprint density at radius 3 is 2.58 bits per heavy atom. The van der Waals surface area contributed by atoms with Crippen molar-refractivity contribution in [3.8, 4) is 0 Å². The van der Waals surface area contributed by atoms with Gasteiger partial charge in [-0.15, -0.1) is 11.3 Å².